The van der Waals surface area contributed by atoms with Gasteiger partial charge < -0.3 is 14.6 Å². The number of hydrogen-bond acceptors (Lipinski definition) is 5. The number of rotatable bonds is 3. The number of pyridine rings is 1. The van der Waals surface area contributed by atoms with Crippen molar-refractivity contribution in [2.75, 3.05) is 18.1 Å². The molecule has 1 aromatic heterocycles. The Balaban J connectivity index is 1.71. The van der Waals surface area contributed by atoms with Crippen LogP contribution >= 0.6 is 11.8 Å². The van der Waals surface area contributed by atoms with Gasteiger partial charge in [-0.2, -0.15) is 11.8 Å². The summed E-state index contributed by atoms with van der Waals surface area (Å²) < 4.78 is 12.1. The summed E-state index contributed by atoms with van der Waals surface area (Å²) in [5.41, 5.74) is 1.55. The van der Waals surface area contributed by atoms with Crippen molar-refractivity contribution in [2.45, 2.75) is 44.5 Å². The van der Waals surface area contributed by atoms with Gasteiger partial charge in [-0.3, -0.25) is 4.98 Å². The van der Waals surface area contributed by atoms with E-state index in [9.17, 15) is 5.11 Å². The molecular formula is C15H21NO3S. The lowest BCUT2D eigenvalue weighted by Gasteiger charge is -2.37. The number of aromatic nitrogens is 1. The maximum atomic E-state index is 9.41. The second-order valence-electron chi connectivity index (χ2n) is 5.62. The first kappa shape index (κ1) is 14.2. The first-order valence-electron chi connectivity index (χ1n) is 7.16. The maximum Gasteiger partial charge on any atom is 0.143 e. The van der Waals surface area contributed by atoms with Gasteiger partial charge in [-0.25, -0.2) is 0 Å². The summed E-state index contributed by atoms with van der Waals surface area (Å²) in [6.07, 6.45) is 3.14. The molecular weight excluding hydrogens is 274 g/mol. The van der Waals surface area contributed by atoms with Crippen molar-refractivity contribution < 1.29 is 14.6 Å². The average molecular weight is 295 g/mol. The molecule has 0 saturated carbocycles. The van der Waals surface area contributed by atoms with Crippen LogP contribution in [-0.2, 0) is 11.3 Å². The van der Waals surface area contributed by atoms with Gasteiger partial charge in [0.2, 0.25) is 0 Å². The smallest absolute Gasteiger partial charge is 0.143 e. The minimum atomic E-state index is -0.0821. The van der Waals surface area contributed by atoms with Crippen LogP contribution in [0.5, 0.6) is 5.75 Å². The van der Waals surface area contributed by atoms with Crippen LogP contribution in [0.1, 0.15) is 30.7 Å². The first-order valence-corrected chi connectivity index (χ1v) is 8.32. The zero-order valence-electron chi connectivity index (χ0n) is 11.8. The highest BCUT2D eigenvalue weighted by molar-refractivity contribution is 7.99. The Morgan fingerprint density at radius 3 is 3.20 bits per heavy atom. The minimum Gasteiger partial charge on any atom is -0.488 e. The molecule has 0 aromatic carbocycles. The Labute approximate surface area is 123 Å². The average Bonchev–Trinajstić information content (AvgIpc) is 2.89. The summed E-state index contributed by atoms with van der Waals surface area (Å²) in [6, 6.07) is 3.84. The summed E-state index contributed by atoms with van der Waals surface area (Å²) in [5.74, 6) is 2.97. The van der Waals surface area contributed by atoms with Gasteiger partial charge in [-0.1, -0.05) is 0 Å². The Hall–Kier alpha value is -0.780. The predicted molar refractivity (Wildman–Crippen MR) is 79.2 cm³/mol. The minimum absolute atomic E-state index is 0.0189. The highest BCUT2D eigenvalue weighted by atomic mass is 32.2. The van der Waals surface area contributed by atoms with E-state index in [2.05, 4.69) is 4.98 Å². The fraction of sp³-hybridized carbons (Fsp3) is 0.667. The highest BCUT2D eigenvalue weighted by Gasteiger charge is 2.41. The lowest BCUT2D eigenvalue weighted by atomic mass is 9.91. The standard InChI is InChI=1S/C15H21NO3S/c1-11-2-3-14(13(9-17)16-11)19-12-4-6-18-15(8-12)5-7-20-10-15/h2-3,12,17H,4-10H2,1H3. The Morgan fingerprint density at radius 2 is 2.45 bits per heavy atom. The summed E-state index contributed by atoms with van der Waals surface area (Å²) in [7, 11) is 0. The number of aryl methyl sites for hydroxylation is 1. The number of nitrogens with zero attached hydrogens (tertiary/aromatic N) is 1. The SMILES string of the molecule is Cc1ccc(OC2CCOC3(CCSC3)C2)c(CO)n1. The van der Waals surface area contributed by atoms with Crippen LogP contribution in [0.4, 0.5) is 0 Å². The molecule has 2 saturated heterocycles. The molecule has 1 aromatic rings. The molecule has 110 valence electrons. The van der Waals surface area contributed by atoms with Gasteiger partial charge in [0.15, 0.2) is 0 Å². The molecule has 0 radical (unpaired) electrons. The molecule has 1 spiro atoms. The van der Waals surface area contributed by atoms with Crippen LogP contribution in [0.2, 0.25) is 0 Å². The van der Waals surface area contributed by atoms with E-state index in [1.165, 1.54) is 5.75 Å². The van der Waals surface area contributed by atoms with Gasteiger partial charge in [0.1, 0.15) is 17.5 Å². The number of aliphatic hydroxyl groups excluding tert-OH is 1. The van der Waals surface area contributed by atoms with Crippen molar-refractivity contribution >= 4 is 11.8 Å². The monoisotopic (exact) mass is 295 g/mol. The van der Waals surface area contributed by atoms with Gasteiger partial charge >= 0.3 is 0 Å². The van der Waals surface area contributed by atoms with Crippen LogP contribution in [0, 0.1) is 6.92 Å². The van der Waals surface area contributed by atoms with E-state index < -0.39 is 0 Å². The van der Waals surface area contributed by atoms with Crippen LogP contribution < -0.4 is 4.74 Å². The zero-order valence-corrected chi connectivity index (χ0v) is 12.6. The molecule has 2 fully saturated rings. The van der Waals surface area contributed by atoms with E-state index in [-0.39, 0.29) is 18.3 Å². The molecule has 0 bridgehead atoms. The van der Waals surface area contributed by atoms with Crippen LogP contribution in [-0.4, -0.2) is 39.9 Å². The van der Waals surface area contributed by atoms with E-state index >= 15 is 0 Å². The highest BCUT2D eigenvalue weighted by Crippen LogP contribution is 2.39. The molecule has 2 unspecified atom stereocenters. The first-order chi connectivity index (χ1) is 9.71. The Bertz CT molecular complexity index is 474. The number of hydrogen-bond donors (Lipinski definition) is 1. The Morgan fingerprint density at radius 1 is 1.55 bits per heavy atom. The van der Waals surface area contributed by atoms with E-state index in [1.54, 1.807) is 0 Å². The van der Waals surface area contributed by atoms with Crippen molar-refractivity contribution in [3.63, 3.8) is 0 Å². The second kappa shape index (κ2) is 5.92. The van der Waals surface area contributed by atoms with Gasteiger partial charge in [0.25, 0.3) is 0 Å². The third kappa shape index (κ3) is 2.95. The fourth-order valence-corrected chi connectivity index (χ4v) is 4.32. The summed E-state index contributed by atoms with van der Waals surface area (Å²) in [6.45, 7) is 2.60. The molecule has 2 aliphatic heterocycles. The van der Waals surface area contributed by atoms with Crippen molar-refractivity contribution in [3.8, 4) is 5.75 Å². The molecule has 20 heavy (non-hydrogen) atoms. The second-order valence-corrected chi connectivity index (χ2v) is 6.73. The van der Waals surface area contributed by atoms with E-state index in [0.29, 0.717) is 11.4 Å². The molecule has 3 heterocycles. The van der Waals surface area contributed by atoms with Gasteiger partial charge in [-0.15, -0.1) is 0 Å². The van der Waals surface area contributed by atoms with Crippen molar-refractivity contribution in [1.29, 1.82) is 0 Å². The fourth-order valence-electron chi connectivity index (χ4n) is 2.94. The molecule has 2 aliphatic rings. The van der Waals surface area contributed by atoms with Gasteiger partial charge in [-0.05, 0) is 31.2 Å². The molecule has 4 nitrogen and oxygen atoms in total. The van der Waals surface area contributed by atoms with Gasteiger partial charge in [0.05, 0.1) is 18.8 Å². The lowest BCUT2D eigenvalue weighted by Crippen LogP contribution is -2.43. The summed E-state index contributed by atoms with van der Waals surface area (Å²) in [4.78, 5) is 4.34. The van der Waals surface area contributed by atoms with E-state index in [4.69, 9.17) is 9.47 Å². The van der Waals surface area contributed by atoms with Crippen LogP contribution in [0.25, 0.3) is 0 Å². The molecule has 5 heteroatoms. The number of aliphatic hydroxyl groups is 1. The summed E-state index contributed by atoms with van der Waals surface area (Å²) in [5, 5.41) is 9.41. The molecule has 3 rings (SSSR count). The van der Waals surface area contributed by atoms with E-state index in [0.717, 1.165) is 37.3 Å². The number of ether oxygens (including phenoxy) is 2. The van der Waals surface area contributed by atoms with Gasteiger partial charge in [0, 0.05) is 24.3 Å². The largest absolute Gasteiger partial charge is 0.488 e. The molecule has 2 atom stereocenters. The third-order valence-corrected chi connectivity index (χ3v) is 5.25. The van der Waals surface area contributed by atoms with Crippen molar-refractivity contribution in [1.82, 2.24) is 4.98 Å². The normalized spacial score (nSPS) is 29.8. The predicted octanol–water partition coefficient (Wildman–Crippen LogP) is 2.32. The Kier molecular flexibility index (Phi) is 4.19. The van der Waals surface area contributed by atoms with Crippen LogP contribution in [0.15, 0.2) is 12.1 Å². The maximum absolute atomic E-state index is 9.41. The molecule has 0 aliphatic carbocycles. The zero-order chi connectivity index (χ0) is 14.0. The summed E-state index contributed by atoms with van der Waals surface area (Å²) >= 11 is 1.96. The van der Waals surface area contributed by atoms with Crippen molar-refractivity contribution in [2.24, 2.45) is 0 Å². The van der Waals surface area contributed by atoms with Crippen LogP contribution in [0.3, 0.4) is 0 Å². The number of thioether (sulfide) groups is 1. The quantitative estimate of drug-likeness (QED) is 0.927. The third-order valence-electron chi connectivity index (χ3n) is 4.03. The molecule has 0 amide bonds. The molecule has 1 N–H and O–H groups in total. The van der Waals surface area contributed by atoms with E-state index in [1.807, 2.05) is 30.8 Å². The topological polar surface area (TPSA) is 51.6 Å². The van der Waals surface area contributed by atoms with Crippen molar-refractivity contribution in [3.05, 3.63) is 23.5 Å². The lowest BCUT2D eigenvalue weighted by molar-refractivity contribution is -0.0961.